The first-order valence-electron chi connectivity index (χ1n) is 15.8. The van der Waals surface area contributed by atoms with Gasteiger partial charge in [-0.3, -0.25) is 14.4 Å². The number of nitrogens with one attached hydrogen (secondary N) is 3. The van der Waals surface area contributed by atoms with Gasteiger partial charge >= 0.3 is 0 Å². The van der Waals surface area contributed by atoms with Crippen molar-refractivity contribution in [2.24, 2.45) is 0 Å². The van der Waals surface area contributed by atoms with Gasteiger partial charge in [-0.25, -0.2) is 0 Å². The van der Waals surface area contributed by atoms with Crippen LogP contribution in [-0.2, 0) is 9.59 Å². The zero-order valence-corrected chi connectivity index (χ0v) is 28.7. The van der Waals surface area contributed by atoms with Crippen molar-refractivity contribution in [3.63, 3.8) is 0 Å². The highest BCUT2D eigenvalue weighted by atomic mass is 32.2. The van der Waals surface area contributed by atoms with Crippen LogP contribution in [0.15, 0.2) is 138 Å². The van der Waals surface area contributed by atoms with E-state index in [4.69, 9.17) is 14.2 Å². The molecule has 1 unspecified atom stereocenters. The van der Waals surface area contributed by atoms with Gasteiger partial charge < -0.3 is 30.2 Å². The number of rotatable bonds is 14. The van der Waals surface area contributed by atoms with Crippen LogP contribution in [0.25, 0.3) is 6.08 Å². The monoisotopic (exact) mass is 687 g/mol. The van der Waals surface area contributed by atoms with Gasteiger partial charge in [0.15, 0.2) is 0 Å². The molecule has 0 heterocycles. The van der Waals surface area contributed by atoms with Crippen LogP contribution in [0.2, 0.25) is 0 Å². The Labute approximate surface area is 295 Å². The van der Waals surface area contributed by atoms with Crippen LogP contribution in [-0.4, -0.2) is 38.5 Å². The molecule has 0 aliphatic heterocycles. The van der Waals surface area contributed by atoms with Crippen LogP contribution < -0.4 is 30.2 Å². The van der Waals surface area contributed by atoms with Crippen LogP contribution in [0, 0.1) is 0 Å². The maximum Gasteiger partial charge on any atom is 0.272 e. The lowest BCUT2D eigenvalue weighted by atomic mass is 10.1. The van der Waals surface area contributed by atoms with Crippen LogP contribution in [0.3, 0.4) is 0 Å². The zero-order valence-electron chi connectivity index (χ0n) is 27.8. The van der Waals surface area contributed by atoms with Gasteiger partial charge in [0.05, 0.1) is 20.8 Å². The van der Waals surface area contributed by atoms with Gasteiger partial charge in [0, 0.05) is 40.0 Å². The lowest BCUT2D eigenvalue weighted by Gasteiger charge is -2.18. The normalized spacial score (nSPS) is 11.5. The Balaban J connectivity index is 1.38. The van der Waals surface area contributed by atoms with Crippen LogP contribution in [0.4, 0.5) is 11.4 Å². The van der Waals surface area contributed by atoms with E-state index in [1.807, 2.05) is 49.4 Å². The molecule has 0 saturated carbocycles. The highest BCUT2D eigenvalue weighted by molar-refractivity contribution is 8.00. The van der Waals surface area contributed by atoms with E-state index in [-0.39, 0.29) is 11.6 Å². The SMILES string of the molecule is CCOc1ccc(/C=C(/NC(=O)c2ccccc2)C(=O)Nc2cccc(SC(C(=O)Nc3cc(OC)cc(OC)c3)c3ccccc3)c2)cc1. The third-order valence-electron chi connectivity index (χ3n) is 7.34. The summed E-state index contributed by atoms with van der Waals surface area (Å²) >= 11 is 1.33. The predicted molar refractivity (Wildman–Crippen MR) is 198 cm³/mol. The van der Waals surface area contributed by atoms with Gasteiger partial charge in [0.1, 0.15) is 28.2 Å². The first-order valence-corrected chi connectivity index (χ1v) is 16.7. The fourth-order valence-electron chi connectivity index (χ4n) is 4.91. The first kappa shape index (κ1) is 35.3. The van der Waals surface area contributed by atoms with Gasteiger partial charge in [0.2, 0.25) is 5.91 Å². The molecule has 3 N–H and O–H groups in total. The maximum atomic E-state index is 13.8. The molecule has 0 spiro atoms. The first-order chi connectivity index (χ1) is 24.3. The average Bonchev–Trinajstić information content (AvgIpc) is 3.15. The minimum atomic E-state index is -0.639. The van der Waals surface area contributed by atoms with Crippen LogP contribution >= 0.6 is 11.8 Å². The van der Waals surface area contributed by atoms with Crippen molar-refractivity contribution >= 4 is 46.9 Å². The third-order valence-corrected chi connectivity index (χ3v) is 8.58. The Bertz CT molecular complexity index is 1930. The highest BCUT2D eigenvalue weighted by Crippen LogP contribution is 2.38. The predicted octanol–water partition coefficient (Wildman–Crippen LogP) is 7.98. The van der Waals surface area contributed by atoms with Gasteiger partial charge in [-0.1, -0.05) is 66.7 Å². The molecule has 9 nitrogen and oxygen atoms in total. The molecule has 50 heavy (non-hydrogen) atoms. The Morgan fingerprint density at radius 2 is 1.36 bits per heavy atom. The molecule has 0 radical (unpaired) electrons. The second-order valence-corrected chi connectivity index (χ2v) is 12.0. The second-order valence-electron chi connectivity index (χ2n) is 10.9. The Morgan fingerprint density at radius 3 is 2.00 bits per heavy atom. The smallest absolute Gasteiger partial charge is 0.272 e. The minimum absolute atomic E-state index is 0.0522. The number of carbonyl (C=O) groups excluding carboxylic acids is 3. The van der Waals surface area contributed by atoms with Gasteiger partial charge in [0.25, 0.3) is 11.8 Å². The van der Waals surface area contributed by atoms with Gasteiger partial charge in [-0.2, -0.15) is 0 Å². The summed E-state index contributed by atoms with van der Waals surface area (Å²) in [6.07, 6.45) is 1.61. The van der Waals surface area contributed by atoms with E-state index < -0.39 is 17.1 Å². The number of ether oxygens (including phenoxy) is 3. The lowest BCUT2D eigenvalue weighted by molar-refractivity contribution is -0.116. The molecule has 0 aliphatic carbocycles. The number of carbonyl (C=O) groups is 3. The molecule has 0 saturated heterocycles. The third kappa shape index (κ3) is 9.77. The molecular weight excluding hydrogens is 651 g/mol. The minimum Gasteiger partial charge on any atom is -0.497 e. The van der Waals surface area contributed by atoms with E-state index in [0.29, 0.717) is 46.4 Å². The van der Waals surface area contributed by atoms with Crippen molar-refractivity contribution in [1.29, 1.82) is 0 Å². The molecule has 0 aromatic heterocycles. The van der Waals surface area contributed by atoms with Crippen LogP contribution in [0.1, 0.15) is 33.7 Å². The summed E-state index contributed by atoms with van der Waals surface area (Å²) in [5.41, 5.74) is 2.96. The maximum absolute atomic E-state index is 13.8. The van der Waals surface area contributed by atoms with E-state index in [1.165, 1.54) is 11.8 Å². The van der Waals surface area contributed by atoms with Gasteiger partial charge in [-0.05, 0) is 66.6 Å². The molecule has 0 fully saturated rings. The largest absolute Gasteiger partial charge is 0.497 e. The fourth-order valence-corrected chi connectivity index (χ4v) is 5.99. The standard InChI is InChI=1S/C40H37N3O6S/c1-4-49-32-20-18-27(19-21-32)22-36(43-38(44)29-14-9-6-10-15-29)39(45)41-30-16-11-17-35(25-30)50-37(28-12-7-5-8-13-28)40(46)42-31-23-33(47-2)26-34(24-31)48-3/h5-26,37H,4H2,1-3H3,(H,41,45)(H,42,46)(H,43,44)/b36-22+. The van der Waals surface area contributed by atoms with Gasteiger partial charge in [-0.15, -0.1) is 11.8 Å². The molecule has 5 rings (SSSR count). The lowest BCUT2D eigenvalue weighted by Crippen LogP contribution is -2.30. The van der Waals surface area contributed by atoms with E-state index in [1.54, 1.807) is 105 Å². The summed E-state index contributed by atoms with van der Waals surface area (Å²) in [6, 6.07) is 37.7. The number of amides is 3. The Morgan fingerprint density at radius 1 is 0.700 bits per heavy atom. The number of thioether (sulfide) groups is 1. The second kappa shape index (κ2) is 17.4. The molecular formula is C40H37N3O6S. The fraction of sp³-hybridized carbons (Fsp3) is 0.125. The summed E-state index contributed by atoms with van der Waals surface area (Å²) in [5.74, 6) is 0.590. The summed E-state index contributed by atoms with van der Waals surface area (Å²) in [7, 11) is 3.09. The van der Waals surface area contributed by atoms with Crippen molar-refractivity contribution in [2.45, 2.75) is 17.1 Å². The highest BCUT2D eigenvalue weighted by Gasteiger charge is 2.23. The van der Waals surface area contributed by atoms with E-state index in [9.17, 15) is 14.4 Å². The molecule has 254 valence electrons. The quantitative estimate of drug-likeness (QED) is 0.0801. The topological polar surface area (TPSA) is 115 Å². The molecule has 3 amide bonds. The van der Waals surface area contributed by atoms with Crippen molar-refractivity contribution in [1.82, 2.24) is 5.32 Å². The number of methoxy groups -OCH3 is 2. The zero-order chi connectivity index (χ0) is 35.3. The number of hydrogen-bond donors (Lipinski definition) is 3. The van der Waals surface area contributed by atoms with Crippen molar-refractivity contribution in [2.75, 3.05) is 31.5 Å². The average molecular weight is 688 g/mol. The van der Waals surface area contributed by atoms with Crippen molar-refractivity contribution < 1.29 is 28.6 Å². The summed E-state index contributed by atoms with van der Waals surface area (Å²) < 4.78 is 16.3. The summed E-state index contributed by atoms with van der Waals surface area (Å²) in [6.45, 7) is 2.43. The molecule has 1 atom stereocenters. The van der Waals surface area contributed by atoms with E-state index >= 15 is 0 Å². The molecule has 10 heteroatoms. The number of anilines is 2. The van der Waals surface area contributed by atoms with Crippen molar-refractivity contribution in [3.8, 4) is 17.2 Å². The van der Waals surface area contributed by atoms with E-state index in [0.717, 1.165) is 10.5 Å². The molecule has 0 bridgehead atoms. The molecule has 5 aromatic carbocycles. The summed E-state index contributed by atoms with van der Waals surface area (Å²) in [4.78, 5) is 41.3. The molecule has 0 aliphatic rings. The van der Waals surface area contributed by atoms with Crippen molar-refractivity contribution in [3.05, 3.63) is 150 Å². The number of benzene rings is 5. The Kier molecular flexibility index (Phi) is 12.3. The Hall–Kier alpha value is -6.00. The summed E-state index contributed by atoms with van der Waals surface area (Å²) in [5, 5.41) is 8.03. The molecule has 5 aromatic rings. The van der Waals surface area contributed by atoms with Crippen LogP contribution in [0.5, 0.6) is 17.2 Å². The van der Waals surface area contributed by atoms with E-state index in [2.05, 4.69) is 16.0 Å². The number of hydrogen-bond acceptors (Lipinski definition) is 7.